The maximum absolute atomic E-state index is 11.8. The average Bonchev–Trinajstić information content (AvgIpc) is 2.92. The predicted molar refractivity (Wildman–Crippen MR) is 77.4 cm³/mol. The van der Waals surface area contributed by atoms with E-state index in [1.807, 2.05) is 37.3 Å². The first-order valence-corrected chi connectivity index (χ1v) is 6.54. The fraction of sp³-hybridized carbons (Fsp3) is 0.200. The lowest BCUT2D eigenvalue weighted by atomic mass is 10.1. The number of furan rings is 1. The zero-order chi connectivity index (χ0) is 15.2. The number of nitrogens with one attached hydrogen (secondary N) is 3. The first-order chi connectivity index (χ1) is 10.1. The normalized spacial score (nSPS) is 11.5. The molecule has 0 saturated carbocycles. The molecule has 0 fully saturated rings. The van der Waals surface area contributed by atoms with Crippen molar-refractivity contribution in [1.29, 1.82) is 0 Å². The van der Waals surface area contributed by atoms with E-state index >= 15 is 0 Å². The van der Waals surface area contributed by atoms with Gasteiger partial charge in [-0.2, -0.15) is 0 Å². The molecule has 0 spiro atoms. The van der Waals surface area contributed by atoms with Crippen molar-refractivity contribution in [2.75, 3.05) is 0 Å². The number of carbonyl (C=O) groups is 2. The highest BCUT2D eigenvalue weighted by molar-refractivity contribution is 5.96. The molecule has 110 valence electrons. The number of hydrogen-bond acceptors (Lipinski definition) is 3. The van der Waals surface area contributed by atoms with Crippen molar-refractivity contribution in [2.45, 2.75) is 19.9 Å². The molecule has 0 aliphatic heterocycles. The van der Waals surface area contributed by atoms with Crippen LogP contribution in [0.3, 0.4) is 0 Å². The van der Waals surface area contributed by atoms with Crippen LogP contribution in [0.1, 0.15) is 34.6 Å². The van der Waals surface area contributed by atoms with Crippen molar-refractivity contribution in [2.24, 2.45) is 0 Å². The van der Waals surface area contributed by atoms with Gasteiger partial charge in [-0.1, -0.05) is 30.3 Å². The monoisotopic (exact) mass is 287 g/mol. The Kier molecular flexibility index (Phi) is 4.61. The Labute approximate surface area is 122 Å². The second kappa shape index (κ2) is 6.60. The molecule has 1 heterocycles. The molecule has 0 aliphatic carbocycles. The number of carbonyl (C=O) groups excluding carboxylic acids is 2. The van der Waals surface area contributed by atoms with Crippen LogP contribution in [-0.2, 0) is 0 Å². The third kappa shape index (κ3) is 3.85. The summed E-state index contributed by atoms with van der Waals surface area (Å²) in [4.78, 5) is 23.5. The zero-order valence-corrected chi connectivity index (χ0v) is 11.8. The van der Waals surface area contributed by atoms with Crippen LogP contribution in [-0.4, -0.2) is 11.9 Å². The van der Waals surface area contributed by atoms with E-state index in [4.69, 9.17) is 4.42 Å². The Morgan fingerprint density at radius 2 is 1.81 bits per heavy atom. The van der Waals surface area contributed by atoms with Crippen molar-refractivity contribution < 1.29 is 14.0 Å². The minimum atomic E-state index is -0.485. The highest BCUT2D eigenvalue weighted by Crippen LogP contribution is 2.10. The van der Waals surface area contributed by atoms with Crippen LogP contribution in [0, 0.1) is 6.92 Å². The summed E-state index contributed by atoms with van der Waals surface area (Å²) >= 11 is 0. The highest BCUT2D eigenvalue weighted by atomic mass is 16.3. The van der Waals surface area contributed by atoms with Crippen LogP contribution in [0.25, 0.3) is 0 Å². The van der Waals surface area contributed by atoms with Gasteiger partial charge in [-0.25, -0.2) is 10.2 Å². The van der Waals surface area contributed by atoms with Crippen LogP contribution in [0.4, 0.5) is 4.79 Å². The summed E-state index contributed by atoms with van der Waals surface area (Å²) in [6.07, 6.45) is 1.42. The largest absolute Gasteiger partial charge is 0.469 e. The van der Waals surface area contributed by atoms with Gasteiger partial charge < -0.3 is 9.73 Å². The van der Waals surface area contributed by atoms with Gasteiger partial charge in [0.25, 0.3) is 5.91 Å². The third-order valence-corrected chi connectivity index (χ3v) is 3.04. The minimum Gasteiger partial charge on any atom is -0.469 e. The van der Waals surface area contributed by atoms with Crippen LogP contribution in [0.2, 0.25) is 0 Å². The van der Waals surface area contributed by atoms with Gasteiger partial charge in [0.15, 0.2) is 0 Å². The second-order valence-electron chi connectivity index (χ2n) is 4.58. The average molecular weight is 287 g/mol. The van der Waals surface area contributed by atoms with E-state index in [-0.39, 0.29) is 6.04 Å². The molecule has 1 unspecified atom stereocenters. The molecular formula is C15H17N3O3. The summed E-state index contributed by atoms with van der Waals surface area (Å²) < 4.78 is 5.03. The van der Waals surface area contributed by atoms with E-state index in [0.29, 0.717) is 11.3 Å². The molecule has 3 amide bonds. The lowest BCUT2D eigenvalue weighted by molar-refractivity contribution is 0.0934. The molecule has 6 heteroatoms. The number of benzene rings is 1. The Balaban J connectivity index is 1.83. The summed E-state index contributed by atoms with van der Waals surface area (Å²) in [6.45, 7) is 3.53. The molecule has 1 aromatic carbocycles. The molecule has 0 bridgehead atoms. The molecule has 0 saturated heterocycles. The van der Waals surface area contributed by atoms with Crippen molar-refractivity contribution in [1.82, 2.24) is 16.2 Å². The molecule has 0 aliphatic rings. The Morgan fingerprint density at radius 3 is 2.43 bits per heavy atom. The van der Waals surface area contributed by atoms with Crippen molar-refractivity contribution in [3.05, 3.63) is 59.5 Å². The molecule has 2 rings (SSSR count). The fourth-order valence-corrected chi connectivity index (χ4v) is 1.86. The van der Waals surface area contributed by atoms with Gasteiger partial charge in [-0.3, -0.25) is 10.2 Å². The smallest absolute Gasteiger partial charge is 0.333 e. The molecule has 3 N–H and O–H groups in total. The Bertz CT molecular complexity index is 622. The quantitative estimate of drug-likeness (QED) is 0.757. The summed E-state index contributed by atoms with van der Waals surface area (Å²) in [5, 5.41) is 2.72. The van der Waals surface area contributed by atoms with Gasteiger partial charge in [0.1, 0.15) is 5.76 Å². The van der Waals surface area contributed by atoms with Crippen molar-refractivity contribution in [3.63, 3.8) is 0 Å². The summed E-state index contributed by atoms with van der Waals surface area (Å²) in [7, 11) is 0. The first kappa shape index (κ1) is 14.6. The van der Waals surface area contributed by atoms with Crippen LogP contribution in [0.5, 0.6) is 0 Å². The van der Waals surface area contributed by atoms with E-state index in [1.165, 1.54) is 12.3 Å². The van der Waals surface area contributed by atoms with E-state index in [2.05, 4.69) is 16.2 Å². The van der Waals surface area contributed by atoms with Gasteiger partial charge in [-0.15, -0.1) is 0 Å². The van der Waals surface area contributed by atoms with Gasteiger partial charge in [0, 0.05) is 0 Å². The summed E-state index contributed by atoms with van der Waals surface area (Å²) in [6, 6.07) is 10.4. The number of urea groups is 1. The lowest BCUT2D eigenvalue weighted by Crippen LogP contribution is -2.47. The van der Waals surface area contributed by atoms with E-state index in [9.17, 15) is 9.59 Å². The number of aryl methyl sites for hydroxylation is 1. The molecule has 21 heavy (non-hydrogen) atoms. The van der Waals surface area contributed by atoms with Crippen LogP contribution in [0.15, 0.2) is 47.1 Å². The topological polar surface area (TPSA) is 83.4 Å². The standard InChI is InChI=1S/C15H17N3O3/c1-10(12-6-4-3-5-7-12)16-15(20)18-17-14(19)13-8-9-21-11(13)2/h3-10H,1-2H3,(H,17,19)(H2,16,18,20). The molecule has 2 aromatic rings. The van der Waals surface area contributed by atoms with Gasteiger partial charge in [0.05, 0.1) is 17.9 Å². The van der Waals surface area contributed by atoms with Gasteiger partial charge in [-0.05, 0) is 25.5 Å². The number of hydrogen-bond donors (Lipinski definition) is 3. The number of rotatable bonds is 3. The fourth-order valence-electron chi connectivity index (χ4n) is 1.86. The molecule has 1 aromatic heterocycles. The van der Waals surface area contributed by atoms with Crippen LogP contribution < -0.4 is 16.2 Å². The highest BCUT2D eigenvalue weighted by Gasteiger charge is 2.13. The number of amides is 3. The SMILES string of the molecule is Cc1occc1C(=O)NNC(=O)NC(C)c1ccccc1. The molecule has 0 radical (unpaired) electrons. The second-order valence-corrected chi connectivity index (χ2v) is 4.58. The van der Waals surface area contributed by atoms with Crippen molar-refractivity contribution >= 4 is 11.9 Å². The van der Waals surface area contributed by atoms with Gasteiger partial charge >= 0.3 is 6.03 Å². The first-order valence-electron chi connectivity index (χ1n) is 6.54. The van der Waals surface area contributed by atoms with E-state index in [0.717, 1.165) is 5.56 Å². The Morgan fingerprint density at radius 1 is 1.10 bits per heavy atom. The predicted octanol–water partition coefficient (Wildman–Crippen LogP) is 2.29. The minimum absolute atomic E-state index is 0.168. The molecule has 1 atom stereocenters. The van der Waals surface area contributed by atoms with Gasteiger partial charge in [0.2, 0.25) is 0 Å². The molecule has 6 nitrogen and oxygen atoms in total. The van der Waals surface area contributed by atoms with Crippen molar-refractivity contribution in [3.8, 4) is 0 Å². The van der Waals surface area contributed by atoms with Crippen LogP contribution >= 0.6 is 0 Å². The van der Waals surface area contributed by atoms with E-state index in [1.54, 1.807) is 6.92 Å². The maximum Gasteiger partial charge on any atom is 0.333 e. The molecular weight excluding hydrogens is 270 g/mol. The van der Waals surface area contributed by atoms with E-state index < -0.39 is 11.9 Å². The lowest BCUT2D eigenvalue weighted by Gasteiger charge is -2.15. The third-order valence-electron chi connectivity index (χ3n) is 3.04. The number of hydrazine groups is 1. The maximum atomic E-state index is 11.8. The summed E-state index contributed by atoms with van der Waals surface area (Å²) in [5.74, 6) is 0.0659. The summed E-state index contributed by atoms with van der Waals surface area (Å²) in [5.41, 5.74) is 5.99. The zero-order valence-electron chi connectivity index (χ0n) is 11.8. The Hall–Kier alpha value is -2.76.